The van der Waals surface area contributed by atoms with Gasteiger partial charge in [0.15, 0.2) is 0 Å². The molecule has 0 atom stereocenters. The smallest absolute Gasteiger partial charge is 0.305 e. The van der Waals surface area contributed by atoms with Crippen molar-refractivity contribution < 1.29 is 23.7 Å². The first-order valence-electron chi connectivity index (χ1n) is 7.34. The Morgan fingerprint density at radius 3 is 2.25 bits per heavy atom. The molecule has 0 aliphatic heterocycles. The van der Waals surface area contributed by atoms with Gasteiger partial charge >= 0.3 is 5.97 Å². The lowest BCUT2D eigenvalue weighted by Crippen LogP contribution is -2.13. The van der Waals surface area contributed by atoms with Gasteiger partial charge in [-0.2, -0.15) is 0 Å². The van der Waals surface area contributed by atoms with Crippen LogP contribution in [0.3, 0.4) is 0 Å². The van der Waals surface area contributed by atoms with E-state index in [1.54, 1.807) is 0 Å². The zero-order chi connectivity index (χ0) is 14.9. The molecule has 0 heterocycles. The molecule has 0 radical (unpaired) electrons. The van der Waals surface area contributed by atoms with Gasteiger partial charge in [0.25, 0.3) is 0 Å². The molecule has 0 amide bonds. The molecule has 0 aromatic rings. The summed E-state index contributed by atoms with van der Waals surface area (Å²) in [6.45, 7) is 8.30. The zero-order valence-corrected chi connectivity index (χ0v) is 12.6. The van der Waals surface area contributed by atoms with Gasteiger partial charge in [-0.1, -0.05) is 32.8 Å². The Kier molecular flexibility index (Phi) is 15.1. The summed E-state index contributed by atoms with van der Waals surface area (Å²) < 4.78 is 20.4. The molecule has 5 nitrogen and oxygen atoms in total. The minimum atomic E-state index is -0.137. The maximum atomic E-state index is 11.3. The minimum absolute atomic E-state index is 0.137. The third-order valence-corrected chi connectivity index (χ3v) is 2.56. The van der Waals surface area contributed by atoms with Gasteiger partial charge < -0.3 is 18.9 Å². The second-order valence-corrected chi connectivity index (χ2v) is 4.29. The Morgan fingerprint density at radius 1 is 0.950 bits per heavy atom. The zero-order valence-electron chi connectivity index (χ0n) is 12.6. The van der Waals surface area contributed by atoms with Crippen LogP contribution in [-0.4, -0.2) is 45.6 Å². The van der Waals surface area contributed by atoms with E-state index in [0.717, 1.165) is 12.8 Å². The summed E-state index contributed by atoms with van der Waals surface area (Å²) in [6, 6.07) is 0. The SMILES string of the molecule is C=COCCOCCOCCOC(=O)CCCCCC. The molecular weight excluding hydrogens is 260 g/mol. The van der Waals surface area contributed by atoms with E-state index in [0.29, 0.717) is 46.1 Å². The van der Waals surface area contributed by atoms with Crippen LogP contribution in [0.1, 0.15) is 39.0 Å². The number of hydrogen-bond acceptors (Lipinski definition) is 5. The number of esters is 1. The highest BCUT2D eigenvalue weighted by Crippen LogP contribution is 2.03. The Balaban J connectivity index is 3.11. The van der Waals surface area contributed by atoms with E-state index in [2.05, 4.69) is 13.5 Å². The molecule has 5 heteroatoms. The standard InChI is InChI=1S/C15H28O5/c1-3-5-6-7-8-15(16)20-14-13-19-12-11-18-10-9-17-4-2/h4H,2-3,5-14H2,1H3. The number of ether oxygens (including phenoxy) is 4. The van der Waals surface area contributed by atoms with Crippen LogP contribution in [0.5, 0.6) is 0 Å². The third kappa shape index (κ3) is 15.0. The van der Waals surface area contributed by atoms with E-state index >= 15 is 0 Å². The fraction of sp³-hybridized carbons (Fsp3) is 0.800. The predicted molar refractivity (Wildman–Crippen MR) is 77.5 cm³/mol. The van der Waals surface area contributed by atoms with Crippen LogP contribution in [-0.2, 0) is 23.7 Å². The topological polar surface area (TPSA) is 54.0 Å². The Hall–Kier alpha value is -1.07. The molecule has 0 aliphatic carbocycles. The minimum Gasteiger partial charge on any atom is -0.499 e. The fourth-order valence-electron chi connectivity index (χ4n) is 1.50. The summed E-state index contributed by atoms with van der Waals surface area (Å²) in [5, 5.41) is 0. The number of unbranched alkanes of at least 4 members (excludes halogenated alkanes) is 3. The Labute approximate surface area is 122 Å². The molecule has 0 saturated carbocycles. The highest BCUT2D eigenvalue weighted by atomic mass is 16.6. The van der Waals surface area contributed by atoms with Gasteiger partial charge in [-0.25, -0.2) is 0 Å². The van der Waals surface area contributed by atoms with E-state index in [4.69, 9.17) is 18.9 Å². The molecule has 0 fully saturated rings. The average Bonchev–Trinajstić information content (AvgIpc) is 2.45. The maximum absolute atomic E-state index is 11.3. The molecule has 0 N–H and O–H groups in total. The summed E-state index contributed by atoms with van der Waals surface area (Å²) in [7, 11) is 0. The Bertz CT molecular complexity index is 230. The van der Waals surface area contributed by atoms with E-state index in [1.165, 1.54) is 19.1 Å². The van der Waals surface area contributed by atoms with Crippen molar-refractivity contribution in [1.82, 2.24) is 0 Å². The normalized spacial score (nSPS) is 10.2. The van der Waals surface area contributed by atoms with Crippen LogP contribution in [0, 0.1) is 0 Å². The van der Waals surface area contributed by atoms with Crippen LogP contribution >= 0.6 is 0 Å². The second kappa shape index (κ2) is 16.0. The number of hydrogen-bond donors (Lipinski definition) is 0. The first-order valence-corrected chi connectivity index (χ1v) is 7.34. The third-order valence-electron chi connectivity index (χ3n) is 2.56. The lowest BCUT2D eigenvalue weighted by atomic mass is 10.2. The van der Waals surface area contributed by atoms with Gasteiger partial charge in [-0.05, 0) is 6.42 Å². The van der Waals surface area contributed by atoms with Gasteiger partial charge in [-0.15, -0.1) is 0 Å². The van der Waals surface area contributed by atoms with Crippen molar-refractivity contribution in [1.29, 1.82) is 0 Å². The molecular formula is C15H28O5. The van der Waals surface area contributed by atoms with Crippen molar-refractivity contribution in [3.8, 4) is 0 Å². The Morgan fingerprint density at radius 2 is 1.60 bits per heavy atom. The lowest BCUT2D eigenvalue weighted by Gasteiger charge is -2.07. The molecule has 0 bridgehead atoms. The quantitative estimate of drug-likeness (QED) is 0.263. The average molecular weight is 288 g/mol. The van der Waals surface area contributed by atoms with E-state index in [-0.39, 0.29) is 5.97 Å². The second-order valence-electron chi connectivity index (χ2n) is 4.29. The van der Waals surface area contributed by atoms with Crippen LogP contribution in [0.2, 0.25) is 0 Å². The maximum Gasteiger partial charge on any atom is 0.305 e. The van der Waals surface area contributed by atoms with Crippen molar-refractivity contribution in [3.63, 3.8) is 0 Å². The fourth-order valence-corrected chi connectivity index (χ4v) is 1.50. The van der Waals surface area contributed by atoms with Crippen molar-refractivity contribution >= 4 is 5.97 Å². The summed E-state index contributed by atoms with van der Waals surface area (Å²) in [4.78, 5) is 11.3. The molecule has 118 valence electrons. The van der Waals surface area contributed by atoms with E-state index in [9.17, 15) is 4.79 Å². The molecule has 0 spiro atoms. The summed E-state index contributed by atoms with van der Waals surface area (Å²) in [5.41, 5.74) is 0. The molecule has 0 aromatic heterocycles. The molecule has 0 saturated heterocycles. The highest BCUT2D eigenvalue weighted by molar-refractivity contribution is 5.69. The van der Waals surface area contributed by atoms with Crippen LogP contribution in [0.4, 0.5) is 0 Å². The van der Waals surface area contributed by atoms with Crippen LogP contribution in [0.15, 0.2) is 12.8 Å². The van der Waals surface area contributed by atoms with Gasteiger partial charge in [0, 0.05) is 6.42 Å². The van der Waals surface area contributed by atoms with E-state index < -0.39 is 0 Å². The first kappa shape index (κ1) is 18.9. The molecule has 20 heavy (non-hydrogen) atoms. The van der Waals surface area contributed by atoms with Crippen molar-refractivity contribution in [2.24, 2.45) is 0 Å². The largest absolute Gasteiger partial charge is 0.499 e. The van der Waals surface area contributed by atoms with Crippen LogP contribution < -0.4 is 0 Å². The lowest BCUT2D eigenvalue weighted by molar-refractivity contribution is -0.145. The van der Waals surface area contributed by atoms with Gasteiger partial charge in [0.2, 0.25) is 0 Å². The van der Waals surface area contributed by atoms with Crippen LogP contribution in [0.25, 0.3) is 0 Å². The number of rotatable bonds is 15. The van der Waals surface area contributed by atoms with Crippen molar-refractivity contribution in [2.75, 3.05) is 39.6 Å². The number of carbonyl (C=O) groups excluding carboxylic acids is 1. The van der Waals surface area contributed by atoms with Gasteiger partial charge in [0.05, 0.1) is 32.7 Å². The van der Waals surface area contributed by atoms with Crippen molar-refractivity contribution in [3.05, 3.63) is 12.8 Å². The summed E-state index contributed by atoms with van der Waals surface area (Å²) >= 11 is 0. The monoisotopic (exact) mass is 288 g/mol. The van der Waals surface area contributed by atoms with Gasteiger partial charge in [-0.3, -0.25) is 4.79 Å². The molecule has 0 aromatic carbocycles. The number of carbonyl (C=O) groups is 1. The van der Waals surface area contributed by atoms with Gasteiger partial charge in [0.1, 0.15) is 13.2 Å². The van der Waals surface area contributed by atoms with Crippen molar-refractivity contribution in [2.45, 2.75) is 39.0 Å². The first-order chi connectivity index (χ1) is 9.81. The van der Waals surface area contributed by atoms with E-state index in [1.807, 2.05) is 0 Å². The molecule has 0 rings (SSSR count). The summed E-state index contributed by atoms with van der Waals surface area (Å²) in [6.07, 6.45) is 6.24. The predicted octanol–water partition coefficient (Wildman–Crippen LogP) is 2.69. The summed E-state index contributed by atoms with van der Waals surface area (Å²) in [5.74, 6) is -0.137. The highest BCUT2D eigenvalue weighted by Gasteiger charge is 2.01. The molecule has 0 aliphatic rings. The molecule has 0 unspecified atom stereocenters.